The quantitative estimate of drug-likeness (QED) is 0.732. The van der Waals surface area contributed by atoms with E-state index in [9.17, 15) is 19.2 Å². The molecule has 2 aliphatic heterocycles. The first-order valence-corrected chi connectivity index (χ1v) is 9.71. The predicted octanol–water partition coefficient (Wildman–Crippen LogP) is 0.274. The van der Waals surface area contributed by atoms with Gasteiger partial charge in [0.25, 0.3) is 11.8 Å². The number of carbonyl (C=O) groups is 4. The number of likely N-dealkylation sites (tertiary alicyclic amines) is 1. The molecule has 0 radical (unpaired) electrons. The summed E-state index contributed by atoms with van der Waals surface area (Å²) < 4.78 is 5.45. The van der Waals surface area contributed by atoms with Gasteiger partial charge in [0.2, 0.25) is 11.8 Å². The molecular weight excluding hydrogens is 376 g/mol. The van der Waals surface area contributed by atoms with Crippen molar-refractivity contribution in [2.75, 3.05) is 31.1 Å². The second-order valence-corrected chi connectivity index (χ2v) is 7.64. The Morgan fingerprint density at radius 1 is 1.24 bits per heavy atom. The lowest BCUT2D eigenvalue weighted by Gasteiger charge is -2.32. The van der Waals surface area contributed by atoms with Gasteiger partial charge in [0, 0.05) is 30.6 Å². The number of fused-ring (bicyclic) bond motifs is 1. The first-order chi connectivity index (χ1) is 13.8. The molecule has 2 aliphatic rings. The fourth-order valence-corrected chi connectivity index (χ4v) is 3.57. The number of nitrogens with two attached hydrogens (primary N) is 1. The molecule has 0 aromatic heterocycles. The molecule has 1 aromatic carbocycles. The summed E-state index contributed by atoms with van der Waals surface area (Å²) in [4.78, 5) is 51.7. The molecule has 2 heterocycles. The number of piperidine rings is 1. The number of rotatable bonds is 5. The van der Waals surface area contributed by atoms with E-state index in [4.69, 9.17) is 10.5 Å². The number of nitrogens with one attached hydrogen (secondary N) is 1. The Balaban J connectivity index is 1.78. The minimum atomic E-state index is -0.344. The Labute approximate surface area is 169 Å². The van der Waals surface area contributed by atoms with Gasteiger partial charge >= 0.3 is 0 Å². The third-order valence-corrected chi connectivity index (χ3v) is 5.08. The van der Waals surface area contributed by atoms with Gasteiger partial charge in [0.1, 0.15) is 12.3 Å². The van der Waals surface area contributed by atoms with Crippen molar-refractivity contribution in [3.05, 3.63) is 23.8 Å². The molecule has 1 saturated heterocycles. The molecule has 1 fully saturated rings. The molecule has 0 saturated carbocycles. The number of nitrogens with zero attached hydrogens (tertiary/aromatic N) is 2. The summed E-state index contributed by atoms with van der Waals surface area (Å²) in [5, 5.41) is 2.76. The maximum absolute atomic E-state index is 12.9. The predicted molar refractivity (Wildman–Crippen MR) is 105 cm³/mol. The monoisotopic (exact) mass is 402 g/mol. The van der Waals surface area contributed by atoms with Crippen molar-refractivity contribution < 1.29 is 23.9 Å². The number of ether oxygens (including phenoxy) is 1. The van der Waals surface area contributed by atoms with Crippen molar-refractivity contribution in [1.82, 2.24) is 10.2 Å². The smallest absolute Gasteiger partial charge is 0.265 e. The van der Waals surface area contributed by atoms with Crippen molar-refractivity contribution in [3.8, 4) is 5.75 Å². The normalized spacial score (nSPS) is 17.0. The highest BCUT2D eigenvalue weighted by molar-refractivity contribution is 6.04. The van der Waals surface area contributed by atoms with Crippen molar-refractivity contribution >= 4 is 29.3 Å². The van der Waals surface area contributed by atoms with E-state index < -0.39 is 0 Å². The van der Waals surface area contributed by atoms with Crippen molar-refractivity contribution in [2.45, 2.75) is 32.7 Å². The van der Waals surface area contributed by atoms with E-state index in [-0.39, 0.29) is 48.7 Å². The van der Waals surface area contributed by atoms with Crippen molar-refractivity contribution in [3.63, 3.8) is 0 Å². The molecule has 3 rings (SSSR count). The fourth-order valence-electron chi connectivity index (χ4n) is 3.57. The van der Waals surface area contributed by atoms with Gasteiger partial charge in [-0.05, 0) is 44.9 Å². The Morgan fingerprint density at radius 3 is 2.55 bits per heavy atom. The fraction of sp³-hybridized carbons (Fsp3) is 0.500. The summed E-state index contributed by atoms with van der Waals surface area (Å²) in [6.45, 7) is 4.26. The largest absolute Gasteiger partial charge is 0.482 e. The lowest BCUT2D eigenvalue weighted by molar-refractivity contribution is -0.125. The molecule has 9 heteroatoms. The van der Waals surface area contributed by atoms with Crippen LogP contribution in [-0.4, -0.2) is 60.8 Å². The van der Waals surface area contributed by atoms with Crippen LogP contribution in [0.1, 0.15) is 37.0 Å². The molecule has 0 aliphatic carbocycles. The van der Waals surface area contributed by atoms with E-state index in [0.29, 0.717) is 42.9 Å². The molecule has 9 nitrogen and oxygen atoms in total. The summed E-state index contributed by atoms with van der Waals surface area (Å²) >= 11 is 0. The van der Waals surface area contributed by atoms with Crippen LogP contribution in [0.15, 0.2) is 18.2 Å². The Hall–Kier alpha value is -3.10. The highest BCUT2D eigenvalue weighted by atomic mass is 16.5. The van der Waals surface area contributed by atoms with Crippen LogP contribution in [0.5, 0.6) is 5.75 Å². The van der Waals surface area contributed by atoms with Gasteiger partial charge in [-0.15, -0.1) is 0 Å². The number of carbonyl (C=O) groups excluding carboxylic acids is 4. The van der Waals surface area contributed by atoms with Gasteiger partial charge in [-0.1, -0.05) is 0 Å². The third-order valence-electron chi connectivity index (χ3n) is 5.08. The number of anilines is 1. The van der Waals surface area contributed by atoms with Crippen LogP contribution >= 0.6 is 0 Å². The van der Waals surface area contributed by atoms with Crippen LogP contribution in [0.2, 0.25) is 0 Å². The standard InChI is InChI=1S/C20H26N4O5/c1-12(2)22-17(25)10-24-15-9-14(3-4-16(15)29-11-18(24)26)20(28)23-7-5-13(6-8-23)19(21)27/h3-4,9,12-13H,5-8,10-11H2,1-2H3,(H2,21,27)(H,22,25). The molecule has 4 amide bonds. The summed E-state index contributed by atoms with van der Waals surface area (Å²) in [5.74, 6) is -0.915. The van der Waals surface area contributed by atoms with E-state index in [1.807, 2.05) is 13.8 Å². The van der Waals surface area contributed by atoms with Gasteiger partial charge in [-0.25, -0.2) is 0 Å². The molecule has 0 atom stereocenters. The zero-order valence-corrected chi connectivity index (χ0v) is 16.6. The summed E-state index contributed by atoms with van der Waals surface area (Å²) in [6.07, 6.45) is 1.07. The van der Waals surface area contributed by atoms with Gasteiger partial charge in [0.15, 0.2) is 6.61 Å². The first-order valence-electron chi connectivity index (χ1n) is 9.71. The van der Waals surface area contributed by atoms with E-state index in [2.05, 4.69) is 5.32 Å². The number of hydrogen-bond acceptors (Lipinski definition) is 5. The van der Waals surface area contributed by atoms with E-state index in [1.54, 1.807) is 23.1 Å². The lowest BCUT2D eigenvalue weighted by atomic mass is 9.96. The summed E-state index contributed by atoms with van der Waals surface area (Å²) in [7, 11) is 0. The van der Waals surface area contributed by atoms with Crippen LogP contribution in [0.25, 0.3) is 0 Å². The third kappa shape index (κ3) is 4.67. The van der Waals surface area contributed by atoms with E-state index >= 15 is 0 Å². The second kappa shape index (κ2) is 8.50. The summed E-state index contributed by atoms with van der Waals surface area (Å²) in [5.41, 5.74) is 6.15. The molecule has 29 heavy (non-hydrogen) atoms. The molecule has 3 N–H and O–H groups in total. The SMILES string of the molecule is CC(C)NC(=O)CN1C(=O)COc2ccc(C(=O)N3CCC(C(N)=O)CC3)cc21. The van der Waals surface area contributed by atoms with Gasteiger partial charge < -0.3 is 20.7 Å². The molecule has 0 spiro atoms. The topological polar surface area (TPSA) is 122 Å². The van der Waals surface area contributed by atoms with Crippen LogP contribution in [0, 0.1) is 5.92 Å². The molecule has 0 unspecified atom stereocenters. The Kier molecular flexibility index (Phi) is 6.05. The van der Waals surface area contributed by atoms with Gasteiger partial charge in [-0.2, -0.15) is 0 Å². The van der Waals surface area contributed by atoms with E-state index in [1.165, 1.54) is 4.90 Å². The van der Waals surface area contributed by atoms with Crippen LogP contribution < -0.4 is 20.7 Å². The van der Waals surface area contributed by atoms with Crippen molar-refractivity contribution in [2.24, 2.45) is 11.7 Å². The van der Waals surface area contributed by atoms with Crippen LogP contribution in [0.3, 0.4) is 0 Å². The average molecular weight is 402 g/mol. The molecule has 1 aromatic rings. The average Bonchev–Trinajstić information content (AvgIpc) is 2.68. The number of primary amides is 1. The Bertz CT molecular complexity index is 830. The number of amides is 4. The van der Waals surface area contributed by atoms with Gasteiger partial charge in [0.05, 0.1) is 5.69 Å². The highest BCUT2D eigenvalue weighted by Gasteiger charge is 2.30. The minimum absolute atomic E-state index is 0.0469. The van der Waals surface area contributed by atoms with Crippen LogP contribution in [0.4, 0.5) is 5.69 Å². The van der Waals surface area contributed by atoms with Crippen LogP contribution in [-0.2, 0) is 14.4 Å². The molecule has 156 valence electrons. The zero-order valence-electron chi connectivity index (χ0n) is 16.6. The molecule has 0 bridgehead atoms. The van der Waals surface area contributed by atoms with E-state index in [0.717, 1.165) is 0 Å². The number of hydrogen-bond donors (Lipinski definition) is 2. The first kappa shape index (κ1) is 20.6. The van der Waals surface area contributed by atoms with Crippen molar-refractivity contribution in [1.29, 1.82) is 0 Å². The van der Waals surface area contributed by atoms with Gasteiger partial charge in [-0.3, -0.25) is 24.1 Å². The summed E-state index contributed by atoms with van der Waals surface area (Å²) in [6, 6.07) is 4.81. The lowest BCUT2D eigenvalue weighted by Crippen LogP contribution is -2.46. The molecular formula is C20H26N4O5. The number of benzene rings is 1. The minimum Gasteiger partial charge on any atom is -0.482 e. The maximum atomic E-state index is 12.9. The Morgan fingerprint density at radius 2 is 1.93 bits per heavy atom. The zero-order chi connectivity index (χ0) is 21.1. The maximum Gasteiger partial charge on any atom is 0.265 e. The second-order valence-electron chi connectivity index (χ2n) is 7.64. The highest BCUT2D eigenvalue weighted by Crippen LogP contribution is 2.33.